The van der Waals surface area contributed by atoms with Crippen LogP contribution >= 0.6 is 0 Å². The molecule has 0 fully saturated rings. The summed E-state index contributed by atoms with van der Waals surface area (Å²) in [5.74, 6) is -0.504. The zero-order valence-electron chi connectivity index (χ0n) is 11.6. The van der Waals surface area contributed by atoms with Crippen LogP contribution in [0.1, 0.15) is 21.5 Å². The SMILES string of the molecule is CN1C(=O)Cc2cc(C(=O)Cc3ccccc3F)ccc21. The summed E-state index contributed by atoms with van der Waals surface area (Å²) in [5.41, 5.74) is 2.58. The van der Waals surface area contributed by atoms with Crippen molar-refractivity contribution in [3.05, 3.63) is 65.0 Å². The first-order valence-electron chi connectivity index (χ1n) is 6.72. The van der Waals surface area contributed by atoms with E-state index in [2.05, 4.69) is 0 Å². The molecule has 3 rings (SSSR count). The highest BCUT2D eigenvalue weighted by molar-refractivity contribution is 6.03. The van der Waals surface area contributed by atoms with Crippen molar-refractivity contribution >= 4 is 17.4 Å². The van der Waals surface area contributed by atoms with Crippen molar-refractivity contribution in [1.82, 2.24) is 0 Å². The fraction of sp³-hybridized carbons (Fsp3) is 0.176. The lowest BCUT2D eigenvalue weighted by Crippen LogP contribution is -2.20. The molecular formula is C17H14FNO2. The molecule has 0 saturated carbocycles. The van der Waals surface area contributed by atoms with Gasteiger partial charge in [0.25, 0.3) is 0 Å². The number of likely N-dealkylation sites (N-methyl/N-ethyl adjacent to an activating group) is 1. The number of anilines is 1. The minimum atomic E-state index is -0.373. The van der Waals surface area contributed by atoms with E-state index in [1.165, 1.54) is 6.07 Å². The standard InChI is InChI=1S/C17H14FNO2/c1-19-15-7-6-12(8-13(15)10-17(19)21)16(20)9-11-4-2-3-5-14(11)18/h2-8H,9-10H2,1H3. The van der Waals surface area contributed by atoms with Gasteiger partial charge in [0.05, 0.1) is 6.42 Å². The van der Waals surface area contributed by atoms with E-state index in [1.54, 1.807) is 48.3 Å². The molecule has 21 heavy (non-hydrogen) atoms. The predicted octanol–water partition coefficient (Wildman–Crippen LogP) is 2.77. The number of Topliss-reactive ketones (excluding diaryl/α,β-unsaturated/α-hetero) is 1. The van der Waals surface area contributed by atoms with E-state index in [9.17, 15) is 14.0 Å². The van der Waals surface area contributed by atoms with E-state index in [1.807, 2.05) is 0 Å². The molecule has 106 valence electrons. The number of hydrogen-bond acceptors (Lipinski definition) is 2. The van der Waals surface area contributed by atoms with E-state index in [-0.39, 0.29) is 23.9 Å². The summed E-state index contributed by atoms with van der Waals surface area (Å²) in [6.45, 7) is 0. The first kappa shape index (κ1) is 13.5. The van der Waals surface area contributed by atoms with Gasteiger partial charge in [0, 0.05) is 24.7 Å². The van der Waals surface area contributed by atoms with Crippen molar-refractivity contribution in [2.45, 2.75) is 12.8 Å². The van der Waals surface area contributed by atoms with Gasteiger partial charge in [0.2, 0.25) is 5.91 Å². The van der Waals surface area contributed by atoms with Crippen LogP contribution in [0, 0.1) is 5.82 Å². The van der Waals surface area contributed by atoms with E-state index < -0.39 is 0 Å². The molecule has 1 heterocycles. The Bertz CT molecular complexity index is 739. The van der Waals surface area contributed by atoms with E-state index in [4.69, 9.17) is 0 Å². The van der Waals surface area contributed by atoms with Crippen molar-refractivity contribution in [1.29, 1.82) is 0 Å². The Morgan fingerprint density at radius 1 is 1.24 bits per heavy atom. The van der Waals surface area contributed by atoms with Gasteiger partial charge in [-0.05, 0) is 35.4 Å². The highest BCUT2D eigenvalue weighted by Gasteiger charge is 2.24. The van der Waals surface area contributed by atoms with Gasteiger partial charge in [-0.3, -0.25) is 9.59 Å². The summed E-state index contributed by atoms with van der Waals surface area (Å²) in [7, 11) is 1.72. The maximum absolute atomic E-state index is 13.6. The monoisotopic (exact) mass is 283 g/mol. The molecule has 0 saturated heterocycles. The number of hydrogen-bond donors (Lipinski definition) is 0. The molecule has 0 spiro atoms. The Labute approximate surface area is 122 Å². The number of rotatable bonds is 3. The highest BCUT2D eigenvalue weighted by Crippen LogP contribution is 2.28. The molecule has 0 bridgehead atoms. The second-order valence-corrected chi connectivity index (χ2v) is 5.16. The lowest BCUT2D eigenvalue weighted by atomic mass is 10.00. The average molecular weight is 283 g/mol. The third-order valence-corrected chi connectivity index (χ3v) is 3.79. The van der Waals surface area contributed by atoms with Gasteiger partial charge in [-0.25, -0.2) is 4.39 Å². The van der Waals surface area contributed by atoms with Gasteiger partial charge < -0.3 is 4.90 Å². The summed E-state index contributed by atoms with van der Waals surface area (Å²) in [5, 5.41) is 0. The third-order valence-electron chi connectivity index (χ3n) is 3.79. The molecule has 0 unspecified atom stereocenters. The van der Waals surface area contributed by atoms with Crippen LogP contribution in [0.3, 0.4) is 0 Å². The maximum Gasteiger partial charge on any atom is 0.231 e. The third kappa shape index (κ3) is 2.44. The second kappa shape index (κ2) is 5.13. The molecule has 2 aromatic rings. The quantitative estimate of drug-likeness (QED) is 0.812. The second-order valence-electron chi connectivity index (χ2n) is 5.16. The fourth-order valence-electron chi connectivity index (χ4n) is 2.56. The lowest BCUT2D eigenvalue weighted by molar-refractivity contribution is -0.117. The molecular weight excluding hydrogens is 269 g/mol. The minimum absolute atomic E-state index is 0.0173. The van der Waals surface area contributed by atoms with Crippen LogP contribution in [0.2, 0.25) is 0 Å². The van der Waals surface area contributed by atoms with Crippen molar-refractivity contribution in [3.63, 3.8) is 0 Å². The molecule has 0 N–H and O–H groups in total. The zero-order chi connectivity index (χ0) is 15.0. The summed E-state index contributed by atoms with van der Waals surface area (Å²) < 4.78 is 13.6. The normalized spacial score (nSPS) is 13.4. The van der Waals surface area contributed by atoms with Crippen LogP contribution in [0.25, 0.3) is 0 Å². The molecule has 1 aliphatic rings. The van der Waals surface area contributed by atoms with Crippen molar-refractivity contribution in [3.8, 4) is 0 Å². The fourth-order valence-corrected chi connectivity index (χ4v) is 2.56. The van der Waals surface area contributed by atoms with E-state index in [0.717, 1.165) is 11.3 Å². The number of carbonyl (C=O) groups is 2. The van der Waals surface area contributed by atoms with Gasteiger partial charge in [-0.2, -0.15) is 0 Å². The number of nitrogens with zero attached hydrogens (tertiary/aromatic N) is 1. The average Bonchev–Trinajstić information content (AvgIpc) is 2.76. The van der Waals surface area contributed by atoms with E-state index >= 15 is 0 Å². The Morgan fingerprint density at radius 3 is 2.76 bits per heavy atom. The van der Waals surface area contributed by atoms with Crippen LogP contribution in [-0.2, 0) is 17.6 Å². The van der Waals surface area contributed by atoms with Crippen molar-refractivity contribution in [2.24, 2.45) is 0 Å². The molecule has 0 aromatic heterocycles. The van der Waals surface area contributed by atoms with Gasteiger partial charge >= 0.3 is 0 Å². The van der Waals surface area contributed by atoms with Crippen LogP contribution in [0.4, 0.5) is 10.1 Å². The number of fused-ring (bicyclic) bond motifs is 1. The Hall–Kier alpha value is -2.49. The summed E-state index contributed by atoms with van der Waals surface area (Å²) in [6, 6.07) is 11.5. The molecule has 2 aromatic carbocycles. The Morgan fingerprint density at radius 2 is 2.00 bits per heavy atom. The molecule has 4 heteroatoms. The molecule has 3 nitrogen and oxygen atoms in total. The summed E-state index contributed by atoms with van der Waals surface area (Å²) >= 11 is 0. The number of ketones is 1. The minimum Gasteiger partial charge on any atom is -0.315 e. The highest BCUT2D eigenvalue weighted by atomic mass is 19.1. The summed E-state index contributed by atoms with van der Waals surface area (Å²) in [6.07, 6.45) is 0.335. The number of carbonyl (C=O) groups excluding carboxylic acids is 2. The maximum atomic E-state index is 13.6. The van der Waals surface area contributed by atoms with E-state index in [0.29, 0.717) is 17.5 Å². The molecule has 0 atom stereocenters. The molecule has 1 amide bonds. The van der Waals surface area contributed by atoms with Gasteiger partial charge in [-0.15, -0.1) is 0 Å². The number of amides is 1. The Balaban J connectivity index is 1.85. The smallest absolute Gasteiger partial charge is 0.231 e. The number of benzene rings is 2. The van der Waals surface area contributed by atoms with Gasteiger partial charge in [0.1, 0.15) is 5.82 Å². The topological polar surface area (TPSA) is 37.4 Å². The largest absolute Gasteiger partial charge is 0.315 e. The number of halogens is 1. The van der Waals surface area contributed by atoms with Crippen LogP contribution in [-0.4, -0.2) is 18.7 Å². The first-order valence-corrected chi connectivity index (χ1v) is 6.72. The molecule has 0 radical (unpaired) electrons. The Kier molecular flexibility index (Phi) is 3.29. The lowest BCUT2D eigenvalue weighted by Gasteiger charge is -2.10. The van der Waals surface area contributed by atoms with Crippen LogP contribution in [0.15, 0.2) is 42.5 Å². The predicted molar refractivity (Wildman–Crippen MR) is 78.0 cm³/mol. The van der Waals surface area contributed by atoms with Gasteiger partial charge in [-0.1, -0.05) is 18.2 Å². The van der Waals surface area contributed by atoms with Crippen LogP contribution < -0.4 is 4.90 Å². The first-order chi connectivity index (χ1) is 10.1. The van der Waals surface area contributed by atoms with Gasteiger partial charge in [0.15, 0.2) is 5.78 Å². The molecule has 1 aliphatic heterocycles. The summed E-state index contributed by atoms with van der Waals surface area (Å²) in [4.78, 5) is 25.5. The van der Waals surface area contributed by atoms with Crippen molar-refractivity contribution < 1.29 is 14.0 Å². The zero-order valence-corrected chi connectivity index (χ0v) is 11.6. The van der Waals surface area contributed by atoms with Crippen molar-refractivity contribution in [2.75, 3.05) is 11.9 Å². The molecule has 0 aliphatic carbocycles. The van der Waals surface area contributed by atoms with Crippen LogP contribution in [0.5, 0.6) is 0 Å².